The Balaban J connectivity index is 0. The fourth-order valence-corrected chi connectivity index (χ4v) is 3.96. The van der Waals surface area contributed by atoms with Crippen LogP contribution in [0.2, 0.25) is 6.04 Å². The highest BCUT2D eigenvalue weighted by atomic mass is 35.5. The molecule has 0 aromatic heterocycles. The van der Waals surface area contributed by atoms with Gasteiger partial charge in [0.1, 0.15) is 0 Å². The Labute approximate surface area is 100 Å². The van der Waals surface area contributed by atoms with E-state index in [0.717, 1.165) is 12.5 Å². The van der Waals surface area contributed by atoms with Crippen LogP contribution in [0.4, 0.5) is 0 Å². The van der Waals surface area contributed by atoms with Crippen molar-refractivity contribution in [3.8, 4) is 0 Å². The minimum atomic E-state index is -2.40. The van der Waals surface area contributed by atoms with Crippen molar-refractivity contribution < 1.29 is 13.3 Å². The van der Waals surface area contributed by atoms with Gasteiger partial charge in [0, 0.05) is 25.9 Å². The minimum Gasteiger partial charge on any atom is -0.374 e. The Morgan fingerprint density at radius 3 is 1.60 bits per heavy atom. The lowest BCUT2D eigenvalue weighted by molar-refractivity contribution is 0.0710. The van der Waals surface area contributed by atoms with E-state index in [-0.39, 0.29) is 12.4 Å². The minimum absolute atomic E-state index is 0. The molecule has 0 spiro atoms. The quantitative estimate of drug-likeness (QED) is 0.640. The molecule has 0 unspecified atom stereocenters. The molecule has 2 N–H and O–H groups in total. The smallest absolute Gasteiger partial charge is 0.374 e. The van der Waals surface area contributed by atoms with E-state index in [1.165, 1.54) is 0 Å². The summed E-state index contributed by atoms with van der Waals surface area (Å²) in [6, 6.07) is 0.818. The van der Waals surface area contributed by atoms with E-state index in [1.807, 2.05) is 20.8 Å². The second-order valence-electron chi connectivity index (χ2n) is 2.87. The normalized spacial score (nSPS) is 11.2. The maximum atomic E-state index is 5.65. The summed E-state index contributed by atoms with van der Waals surface area (Å²) in [7, 11) is -2.40. The second-order valence-corrected chi connectivity index (χ2v) is 5.61. The van der Waals surface area contributed by atoms with Gasteiger partial charge >= 0.3 is 8.80 Å². The molecule has 0 bridgehead atoms. The summed E-state index contributed by atoms with van der Waals surface area (Å²) in [6.07, 6.45) is 0.895. The molecule has 0 heterocycles. The topological polar surface area (TPSA) is 53.7 Å². The highest BCUT2D eigenvalue weighted by Crippen LogP contribution is 2.17. The molecule has 0 aromatic rings. The lowest BCUT2D eigenvalue weighted by atomic mass is 10.5. The molecule has 0 saturated carbocycles. The van der Waals surface area contributed by atoms with E-state index in [4.69, 9.17) is 19.0 Å². The van der Waals surface area contributed by atoms with Gasteiger partial charge in [-0.15, -0.1) is 12.4 Å². The monoisotopic (exact) mass is 257 g/mol. The first-order chi connectivity index (χ1) is 6.74. The predicted octanol–water partition coefficient (Wildman–Crippen LogP) is 1.81. The average molecular weight is 258 g/mol. The van der Waals surface area contributed by atoms with Crippen molar-refractivity contribution in [2.75, 3.05) is 26.4 Å². The molecule has 0 amide bonds. The van der Waals surface area contributed by atoms with Crippen molar-refractivity contribution in [2.24, 2.45) is 5.73 Å². The Morgan fingerprint density at radius 2 is 1.33 bits per heavy atom. The fourth-order valence-electron chi connectivity index (χ4n) is 1.32. The first-order valence-corrected chi connectivity index (χ1v) is 7.29. The van der Waals surface area contributed by atoms with Crippen molar-refractivity contribution in [1.29, 1.82) is 0 Å². The zero-order valence-electron chi connectivity index (χ0n) is 9.95. The number of nitrogens with two attached hydrogens (primary N) is 1. The van der Waals surface area contributed by atoms with Crippen LogP contribution in [-0.4, -0.2) is 35.2 Å². The summed E-state index contributed by atoms with van der Waals surface area (Å²) in [4.78, 5) is 0. The van der Waals surface area contributed by atoms with Crippen molar-refractivity contribution >= 4 is 21.2 Å². The Bertz CT molecular complexity index is 124. The van der Waals surface area contributed by atoms with Crippen LogP contribution < -0.4 is 5.73 Å². The predicted molar refractivity (Wildman–Crippen MR) is 66.4 cm³/mol. The third-order valence-corrected chi connectivity index (χ3v) is 4.93. The summed E-state index contributed by atoms with van der Waals surface area (Å²) in [5, 5.41) is 0. The second kappa shape index (κ2) is 10.9. The molecule has 94 valence electrons. The highest BCUT2D eigenvalue weighted by Gasteiger charge is 2.39. The first kappa shape index (κ1) is 17.7. The molecule has 0 rings (SSSR count). The lowest BCUT2D eigenvalue weighted by Crippen LogP contribution is -2.46. The van der Waals surface area contributed by atoms with Gasteiger partial charge < -0.3 is 19.0 Å². The van der Waals surface area contributed by atoms with Gasteiger partial charge in [-0.05, 0) is 33.7 Å². The van der Waals surface area contributed by atoms with Crippen LogP contribution in [0, 0.1) is 0 Å². The molecule has 0 fully saturated rings. The molecule has 0 aliphatic heterocycles. The average Bonchev–Trinajstić information content (AvgIpc) is 2.16. The molecular formula is C9H24ClNO3Si. The molecule has 4 nitrogen and oxygen atoms in total. The third-order valence-electron chi connectivity index (χ3n) is 1.78. The van der Waals surface area contributed by atoms with Crippen molar-refractivity contribution in [2.45, 2.75) is 33.2 Å². The molecule has 0 aliphatic rings. The number of rotatable bonds is 9. The summed E-state index contributed by atoms with van der Waals surface area (Å²) in [5.74, 6) is 0. The van der Waals surface area contributed by atoms with Crippen LogP contribution >= 0.6 is 12.4 Å². The maximum Gasteiger partial charge on any atom is 0.500 e. The molecule has 0 radical (unpaired) electrons. The van der Waals surface area contributed by atoms with Crippen LogP contribution in [0.3, 0.4) is 0 Å². The van der Waals surface area contributed by atoms with Crippen LogP contribution in [0.5, 0.6) is 0 Å². The summed E-state index contributed by atoms with van der Waals surface area (Å²) < 4.78 is 17.0. The van der Waals surface area contributed by atoms with Gasteiger partial charge in [-0.3, -0.25) is 0 Å². The van der Waals surface area contributed by atoms with Crippen LogP contribution in [0.25, 0.3) is 0 Å². The number of hydrogen-bond donors (Lipinski definition) is 1. The summed E-state index contributed by atoms with van der Waals surface area (Å²) in [6.45, 7) is 8.44. The molecule has 0 saturated heterocycles. The van der Waals surface area contributed by atoms with Crippen molar-refractivity contribution in [1.82, 2.24) is 0 Å². The molecule has 0 aliphatic carbocycles. The molecule has 6 heteroatoms. The SMILES string of the molecule is CCO[Si](CCCN)(OCC)OCC.Cl. The summed E-state index contributed by atoms with van der Waals surface area (Å²) in [5.41, 5.74) is 5.48. The third kappa shape index (κ3) is 7.27. The van der Waals surface area contributed by atoms with Gasteiger partial charge in [0.05, 0.1) is 0 Å². The van der Waals surface area contributed by atoms with Crippen LogP contribution in [-0.2, 0) is 13.3 Å². The largest absolute Gasteiger partial charge is 0.500 e. The maximum absolute atomic E-state index is 5.65. The van der Waals surface area contributed by atoms with Gasteiger partial charge in [-0.2, -0.15) is 0 Å². The van der Waals surface area contributed by atoms with Crippen molar-refractivity contribution in [3.63, 3.8) is 0 Å². The zero-order valence-corrected chi connectivity index (χ0v) is 11.8. The van der Waals surface area contributed by atoms with Gasteiger partial charge in [0.15, 0.2) is 0 Å². The summed E-state index contributed by atoms with van der Waals surface area (Å²) >= 11 is 0. The van der Waals surface area contributed by atoms with Crippen LogP contribution in [0.15, 0.2) is 0 Å². The standard InChI is InChI=1S/C9H23NO3Si.ClH/c1-4-11-14(12-5-2,13-6-3)9-7-8-10;/h4-10H2,1-3H3;1H. The van der Waals surface area contributed by atoms with E-state index < -0.39 is 8.80 Å². The molecule has 0 aromatic carbocycles. The number of halogens is 1. The molecular weight excluding hydrogens is 234 g/mol. The number of hydrogen-bond acceptors (Lipinski definition) is 4. The van der Waals surface area contributed by atoms with Gasteiger partial charge in [0.2, 0.25) is 0 Å². The lowest BCUT2D eigenvalue weighted by Gasteiger charge is -2.28. The first-order valence-electron chi connectivity index (χ1n) is 5.36. The van der Waals surface area contributed by atoms with Gasteiger partial charge in [-0.1, -0.05) is 0 Å². The molecule has 15 heavy (non-hydrogen) atoms. The van der Waals surface area contributed by atoms with E-state index in [0.29, 0.717) is 26.4 Å². The zero-order chi connectivity index (χ0) is 10.9. The van der Waals surface area contributed by atoms with E-state index in [1.54, 1.807) is 0 Å². The van der Waals surface area contributed by atoms with Gasteiger partial charge in [0.25, 0.3) is 0 Å². The Hall–Kier alpha value is 0.347. The fraction of sp³-hybridized carbons (Fsp3) is 1.00. The van der Waals surface area contributed by atoms with Crippen LogP contribution in [0.1, 0.15) is 27.2 Å². The highest BCUT2D eigenvalue weighted by molar-refractivity contribution is 6.60. The van der Waals surface area contributed by atoms with E-state index >= 15 is 0 Å². The van der Waals surface area contributed by atoms with E-state index in [9.17, 15) is 0 Å². The van der Waals surface area contributed by atoms with Gasteiger partial charge in [-0.25, -0.2) is 0 Å². The molecule has 0 atom stereocenters. The Kier molecular flexibility index (Phi) is 12.8. The van der Waals surface area contributed by atoms with E-state index in [2.05, 4.69) is 0 Å². The van der Waals surface area contributed by atoms with Crippen molar-refractivity contribution in [3.05, 3.63) is 0 Å². The Morgan fingerprint density at radius 1 is 0.933 bits per heavy atom.